The summed E-state index contributed by atoms with van der Waals surface area (Å²) in [6, 6.07) is 0. The normalized spacial score (nSPS) is 24.9. The Hall–Kier alpha value is -1.03. The summed E-state index contributed by atoms with van der Waals surface area (Å²) in [6.45, 7) is 7.09. The fourth-order valence-corrected chi connectivity index (χ4v) is 2.16. The first kappa shape index (κ1) is 11.5. The van der Waals surface area contributed by atoms with E-state index < -0.39 is 0 Å². The van der Waals surface area contributed by atoms with Crippen molar-refractivity contribution in [1.29, 1.82) is 0 Å². The lowest BCUT2D eigenvalue weighted by Gasteiger charge is -2.24. The van der Waals surface area contributed by atoms with Crippen LogP contribution in [0.5, 0.6) is 0 Å². The van der Waals surface area contributed by atoms with Crippen LogP contribution < -0.4 is 5.32 Å². The number of aromatic nitrogens is 2. The Morgan fingerprint density at radius 2 is 2.50 bits per heavy atom. The van der Waals surface area contributed by atoms with Crippen molar-refractivity contribution >= 4 is 5.95 Å². The molecule has 0 amide bonds. The molecule has 4 nitrogen and oxygen atoms in total. The molecule has 1 aromatic rings. The summed E-state index contributed by atoms with van der Waals surface area (Å²) in [5.41, 5.74) is -0.0106. The summed E-state index contributed by atoms with van der Waals surface area (Å²) in [6.07, 6.45) is 7.28. The van der Waals surface area contributed by atoms with Gasteiger partial charge in [-0.05, 0) is 26.2 Å². The number of rotatable bonds is 5. The fourth-order valence-electron chi connectivity index (χ4n) is 2.16. The molecule has 90 valence electrons. The molecule has 0 saturated carbocycles. The van der Waals surface area contributed by atoms with Gasteiger partial charge in [-0.1, -0.05) is 6.92 Å². The van der Waals surface area contributed by atoms with E-state index in [2.05, 4.69) is 28.7 Å². The number of nitrogens with zero attached hydrogens (tertiary/aromatic N) is 2. The number of nitrogens with one attached hydrogen (secondary N) is 1. The predicted molar refractivity (Wildman–Crippen MR) is 64.6 cm³/mol. The van der Waals surface area contributed by atoms with Crippen molar-refractivity contribution in [2.45, 2.75) is 45.3 Å². The number of hydrogen-bond acceptors (Lipinski definition) is 3. The minimum atomic E-state index is -0.0106. The van der Waals surface area contributed by atoms with E-state index in [0.29, 0.717) is 0 Å². The van der Waals surface area contributed by atoms with Crippen LogP contribution in [0.2, 0.25) is 0 Å². The zero-order valence-electron chi connectivity index (χ0n) is 10.2. The van der Waals surface area contributed by atoms with Gasteiger partial charge in [-0.2, -0.15) is 0 Å². The Balaban J connectivity index is 2.00. The SMILES string of the molecule is CCCNc1nccn1CC1(C)CCCO1. The van der Waals surface area contributed by atoms with Gasteiger partial charge in [0.1, 0.15) is 0 Å². The Morgan fingerprint density at radius 3 is 3.19 bits per heavy atom. The second-order valence-electron chi connectivity index (χ2n) is 4.71. The van der Waals surface area contributed by atoms with E-state index >= 15 is 0 Å². The Labute approximate surface area is 97.0 Å². The van der Waals surface area contributed by atoms with Crippen LogP contribution in [-0.4, -0.2) is 28.3 Å². The predicted octanol–water partition coefficient (Wildman–Crippen LogP) is 2.27. The zero-order valence-corrected chi connectivity index (χ0v) is 10.2. The van der Waals surface area contributed by atoms with Gasteiger partial charge in [0, 0.05) is 25.5 Å². The van der Waals surface area contributed by atoms with Gasteiger partial charge in [0.15, 0.2) is 0 Å². The summed E-state index contributed by atoms with van der Waals surface area (Å²) >= 11 is 0. The van der Waals surface area contributed by atoms with Gasteiger partial charge in [0.25, 0.3) is 0 Å². The lowest BCUT2D eigenvalue weighted by Crippen LogP contribution is -2.30. The molecule has 1 fully saturated rings. The molecule has 4 heteroatoms. The molecule has 1 aliphatic rings. The molecule has 0 spiro atoms. The molecule has 1 aliphatic heterocycles. The van der Waals surface area contributed by atoms with Crippen molar-refractivity contribution < 1.29 is 4.74 Å². The highest BCUT2D eigenvalue weighted by atomic mass is 16.5. The van der Waals surface area contributed by atoms with Crippen molar-refractivity contribution in [3.05, 3.63) is 12.4 Å². The third-order valence-corrected chi connectivity index (χ3v) is 3.05. The van der Waals surface area contributed by atoms with Crippen LogP contribution in [0.1, 0.15) is 33.1 Å². The van der Waals surface area contributed by atoms with E-state index in [1.165, 1.54) is 6.42 Å². The van der Waals surface area contributed by atoms with E-state index in [1.807, 2.05) is 12.4 Å². The van der Waals surface area contributed by atoms with Gasteiger partial charge in [0.05, 0.1) is 12.1 Å². The fraction of sp³-hybridized carbons (Fsp3) is 0.750. The van der Waals surface area contributed by atoms with Crippen molar-refractivity contribution in [3.63, 3.8) is 0 Å². The monoisotopic (exact) mass is 223 g/mol. The molecular formula is C12H21N3O. The van der Waals surface area contributed by atoms with E-state index in [-0.39, 0.29) is 5.60 Å². The maximum Gasteiger partial charge on any atom is 0.202 e. The highest BCUT2D eigenvalue weighted by Gasteiger charge is 2.30. The van der Waals surface area contributed by atoms with Crippen LogP contribution >= 0.6 is 0 Å². The largest absolute Gasteiger partial charge is 0.373 e. The van der Waals surface area contributed by atoms with Crippen LogP contribution in [0, 0.1) is 0 Å². The quantitative estimate of drug-likeness (QED) is 0.832. The van der Waals surface area contributed by atoms with Gasteiger partial charge < -0.3 is 14.6 Å². The Kier molecular flexibility index (Phi) is 3.49. The lowest BCUT2D eigenvalue weighted by atomic mass is 10.0. The molecule has 16 heavy (non-hydrogen) atoms. The molecule has 1 aromatic heterocycles. The lowest BCUT2D eigenvalue weighted by molar-refractivity contribution is 0.00664. The van der Waals surface area contributed by atoms with Crippen LogP contribution in [0.4, 0.5) is 5.95 Å². The summed E-state index contributed by atoms with van der Waals surface area (Å²) in [4.78, 5) is 4.32. The van der Waals surface area contributed by atoms with Crippen molar-refractivity contribution in [3.8, 4) is 0 Å². The smallest absolute Gasteiger partial charge is 0.202 e. The first-order chi connectivity index (χ1) is 7.73. The topological polar surface area (TPSA) is 39.1 Å². The molecule has 0 aliphatic carbocycles. The first-order valence-corrected chi connectivity index (χ1v) is 6.12. The molecule has 2 rings (SSSR count). The average molecular weight is 223 g/mol. The van der Waals surface area contributed by atoms with Crippen LogP contribution in [0.25, 0.3) is 0 Å². The molecule has 1 N–H and O–H groups in total. The summed E-state index contributed by atoms with van der Waals surface area (Å²) in [5, 5.41) is 3.33. The zero-order chi connectivity index (χ0) is 11.4. The molecular weight excluding hydrogens is 202 g/mol. The summed E-state index contributed by atoms with van der Waals surface area (Å²) in [5.74, 6) is 0.957. The van der Waals surface area contributed by atoms with E-state index in [4.69, 9.17) is 4.74 Å². The van der Waals surface area contributed by atoms with E-state index in [1.54, 1.807) is 0 Å². The van der Waals surface area contributed by atoms with Crippen molar-refractivity contribution in [2.75, 3.05) is 18.5 Å². The standard InChI is InChI=1S/C12H21N3O/c1-3-6-13-11-14-7-8-15(11)10-12(2)5-4-9-16-12/h7-8H,3-6,9-10H2,1-2H3,(H,13,14). The summed E-state index contributed by atoms with van der Waals surface area (Å²) < 4.78 is 7.95. The second-order valence-corrected chi connectivity index (χ2v) is 4.71. The average Bonchev–Trinajstić information content (AvgIpc) is 2.86. The molecule has 0 bridgehead atoms. The first-order valence-electron chi connectivity index (χ1n) is 6.12. The van der Waals surface area contributed by atoms with Crippen molar-refractivity contribution in [1.82, 2.24) is 9.55 Å². The van der Waals surface area contributed by atoms with Crippen LogP contribution in [0.15, 0.2) is 12.4 Å². The number of hydrogen-bond donors (Lipinski definition) is 1. The van der Waals surface area contributed by atoms with Gasteiger partial charge in [-0.15, -0.1) is 0 Å². The number of anilines is 1. The minimum absolute atomic E-state index is 0.0106. The Morgan fingerprint density at radius 1 is 1.62 bits per heavy atom. The number of ether oxygens (including phenoxy) is 1. The minimum Gasteiger partial charge on any atom is -0.373 e. The Bertz CT molecular complexity index is 329. The molecule has 1 atom stereocenters. The van der Waals surface area contributed by atoms with Gasteiger partial charge in [-0.3, -0.25) is 0 Å². The maximum atomic E-state index is 5.80. The van der Waals surface area contributed by atoms with Crippen molar-refractivity contribution in [2.24, 2.45) is 0 Å². The van der Waals surface area contributed by atoms with E-state index in [0.717, 1.165) is 38.5 Å². The highest BCUT2D eigenvalue weighted by molar-refractivity contribution is 5.25. The third kappa shape index (κ3) is 2.55. The highest BCUT2D eigenvalue weighted by Crippen LogP contribution is 2.27. The van der Waals surface area contributed by atoms with Gasteiger partial charge in [0.2, 0.25) is 5.95 Å². The molecule has 2 heterocycles. The van der Waals surface area contributed by atoms with Crippen LogP contribution in [-0.2, 0) is 11.3 Å². The van der Waals surface area contributed by atoms with Crippen LogP contribution in [0.3, 0.4) is 0 Å². The van der Waals surface area contributed by atoms with Gasteiger partial charge >= 0.3 is 0 Å². The van der Waals surface area contributed by atoms with Gasteiger partial charge in [-0.25, -0.2) is 4.98 Å². The number of imidazole rings is 1. The third-order valence-electron chi connectivity index (χ3n) is 3.05. The molecule has 0 radical (unpaired) electrons. The molecule has 0 aromatic carbocycles. The molecule has 1 unspecified atom stereocenters. The maximum absolute atomic E-state index is 5.80. The van der Waals surface area contributed by atoms with E-state index in [9.17, 15) is 0 Å². The summed E-state index contributed by atoms with van der Waals surface area (Å²) in [7, 11) is 0. The molecule has 1 saturated heterocycles. The second kappa shape index (κ2) is 4.87.